The van der Waals surface area contributed by atoms with E-state index in [1.807, 2.05) is 11.0 Å². The molecule has 1 aliphatic heterocycles. The Balaban J connectivity index is 1.83. The molecular formula is C18H16N2O. The molecule has 21 heavy (non-hydrogen) atoms. The SMILES string of the molecule is N#Cc1ccc(C(=O)N2CCCc3ccccc3C2)cc1. The highest BCUT2D eigenvalue weighted by atomic mass is 16.2. The highest BCUT2D eigenvalue weighted by molar-refractivity contribution is 5.94. The number of fused-ring (bicyclic) bond motifs is 1. The molecule has 0 aliphatic carbocycles. The third-order valence-electron chi connectivity index (χ3n) is 3.90. The molecule has 2 aromatic rings. The van der Waals surface area contributed by atoms with Crippen LogP contribution in [0.15, 0.2) is 48.5 Å². The zero-order valence-corrected chi connectivity index (χ0v) is 11.7. The van der Waals surface area contributed by atoms with Crippen molar-refractivity contribution in [2.75, 3.05) is 6.54 Å². The molecule has 0 radical (unpaired) electrons. The lowest BCUT2D eigenvalue weighted by Gasteiger charge is -2.21. The maximum atomic E-state index is 12.6. The van der Waals surface area contributed by atoms with Crippen LogP contribution in [0.3, 0.4) is 0 Å². The third-order valence-corrected chi connectivity index (χ3v) is 3.90. The summed E-state index contributed by atoms with van der Waals surface area (Å²) in [5.41, 5.74) is 3.80. The second-order valence-corrected chi connectivity index (χ2v) is 5.29. The van der Waals surface area contributed by atoms with Gasteiger partial charge in [-0.15, -0.1) is 0 Å². The average molecular weight is 276 g/mol. The maximum Gasteiger partial charge on any atom is 0.254 e. The van der Waals surface area contributed by atoms with Gasteiger partial charge in [-0.1, -0.05) is 24.3 Å². The lowest BCUT2D eigenvalue weighted by atomic mass is 10.0. The normalized spacial score (nSPS) is 14.0. The summed E-state index contributed by atoms with van der Waals surface area (Å²) in [5.74, 6) is 0.0381. The Bertz CT molecular complexity index is 698. The molecule has 0 unspecified atom stereocenters. The van der Waals surface area contributed by atoms with Crippen LogP contribution in [-0.2, 0) is 13.0 Å². The molecule has 1 aliphatic rings. The van der Waals surface area contributed by atoms with Gasteiger partial charge >= 0.3 is 0 Å². The van der Waals surface area contributed by atoms with E-state index >= 15 is 0 Å². The summed E-state index contributed by atoms with van der Waals surface area (Å²) in [6.45, 7) is 1.43. The van der Waals surface area contributed by atoms with Gasteiger partial charge in [0.15, 0.2) is 0 Å². The van der Waals surface area contributed by atoms with Gasteiger partial charge in [-0.05, 0) is 48.2 Å². The Kier molecular flexibility index (Phi) is 3.70. The molecule has 3 rings (SSSR count). The Morgan fingerprint density at radius 3 is 2.48 bits per heavy atom. The molecule has 3 nitrogen and oxygen atoms in total. The molecule has 2 aromatic carbocycles. The Morgan fingerprint density at radius 1 is 1.05 bits per heavy atom. The number of amides is 1. The third kappa shape index (κ3) is 2.80. The second-order valence-electron chi connectivity index (χ2n) is 5.29. The predicted octanol–water partition coefficient (Wildman–Crippen LogP) is 3.15. The van der Waals surface area contributed by atoms with Crippen molar-refractivity contribution in [2.45, 2.75) is 19.4 Å². The summed E-state index contributed by atoms with van der Waals surface area (Å²) < 4.78 is 0. The number of carbonyl (C=O) groups excluding carboxylic acids is 1. The number of nitriles is 1. The summed E-state index contributed by atoms with van der Waals surface area (Å²) in [7, 11) is 0. The number of rotatable bonds is 1. The van der Waals surface area contributed by atoms with Crippen molar-refractivity contribution in [3.63, 3.8) is 0 Å². The van der Waals surface area contributed by atoms with E-state index in [0.717, 1.165) is 19.4 Å². The lowest BCUT2D eigenvalue weighted by molar-refractivity contribution is 0.0746. The van der Waals surface area contributed by atoms with E-state index in [0.29, 0.717) is 17.7 Å². The number of benzene rings is 2. The lowest BCUT2D eigenvalue weighted by Crippen LogP contribution is -2.30. The van der Waals surface area contributed by atoms with Crippen molar-refractivity contribution >= 4 is 5.91 Å². The van der Waals surface area contributed by atoms with Crippen LogP contribution in [-0.4, -0.2) is 17.4 Å². The van der Waals surface area contributed by atoms with E-state index in [2.05, 4.69) is 24.3 Å². The van der Waals surface area contributed by atoms with Crippen LogP contribution in [0.4, 0.5) is 0 Å². The van der Waals surface area contributed by atoms with Crippen molar-refractivity contribution in [3.05, 3.63) is 70.8 Å². The fourth-order valence-corrected chi connectivity index (χ4v) is 2.74. The molecule has 0 atom stereocenters. The second kappa shape index (κ2) is 5.80. The topological polar surface area (TPSA) is 44.1 Å². The average Bonchev–Trinajstić information content (AvgIpc) is 2.76. The van der Waals surface area contributed by atoms with E-state index in [1.54, 1.807) is 24.3 Å². The highest BCUT2D eigenvalue weighted by Gasteiger charge is 2.19. The molecule has 3 heteroatoms. The minimum atomic E-state index is 0.0381. The standard InChI is InChI=1S/C18H16N2O/c19-12-14-7-9-16(10-8-14)18(21)20-11-3-6-15-4-1-2-5-17(15)13-20/h1-2,4-5,7-10H,3,6,11,13H2. The Morgan fingerprint density at radius 2 is 1.76 bits per heavy atom. The summed E-state index contributed by atoms with van der Waals surface area (Å²) in [4.78, 5) is 14.5. The zero-order chi connectivity index (χ0) is 14.7. The number of nitrogens with zero attached hydrogens (tertiary/aromatic N) is 2. The van der Waals surface area contributed by atoms with Crippen LogP contribution >= 0.6 is 0 Å². The van der Waals surface area contributed by atoms with Gasteiger partial charge < -0.3 is 4.90 Å². The molecule has 0 saturated carbocycles. The van der Waals surface area contributed by atoms with Gasteiger partial charge in [0.05, 0.1) is 11.6 Å². The van der Waals surface area contributed by atoms with E-state index < -0.39 is 0 Å². The first-order chi connectivity index (χ1) is 10.3. The Labute approximate surface area is 124 Å². The highest BCUT2D eigenvalue weighted by Crippen LogP contribution is 2.20. The monoisotopic (exact) mass is 276 g/mol. The van der Waals surface area contributed by atoms with Crippen LogP contribution in [0.25, 0.3) is 0 Å². The van der Waals surface area contributed by atoms with Gasteiger partial charge in [0, 0.05) is 18.7 Å². The maximum absolute atomic E-state index is 12.6. The minimum Gasteiger partial charge on any atom is -0.334 e. The first-order valence-electron chi connectivity index (χ1n) is 7.14. The quantitative estimate of drug-likeness (QED) is 0.803. The largest absolute Gasteiger partial charge is 0.334 e. The fraction of sp³-hybridized carbons (Fsp3) is 0.222. The van der Waals surface area contributed by atoms with Gasteiger partial charge in [-0.2, -0.15) is 5.26 Å². The van der Waals surface area contributed by atoms with Crippen LogP contribution in [0.2, 0.25) is 0 Å². The van der Waals surface area contributed by atoms with E-state index in [9.17, 15) is 4.79 Å². The van der Waals surface area contributed by atoms with Crippen molar-refractivity contribution < 1.29 is 4.79 Å². The van der Waals surface area contributed by atoms with E-state index in [-0.39, 0.29) is 5.91 Å². The number of aryl methyl sites for hydroxylation is 1. The van der Waals surface area contributed by atoms with Gasteiger partial charge in [0.2, 0.25) is 0 Å². The van der Waals surface area contributed by atoms with Crippen LogP contribution in [0, 0.1) is 11.3 Å². The molecule has 0 aromatic heterocycles. The fourth-order valence-electron chi connectivity index (χ4n) is 2.74. The summed E-state index contributed by atoms with van der Waals surface area (Å²) in [6, 6.07) is 17.2. The molecule has 1 amide bonds. The van der Waals surface area contributed by atoms with E-state index in [1.165, 1.54) is 11.1 Å². The summed E-state index contributed by atoms with van der Waals surface area (Å²) in [5, 5.41) is 8.82. The number of hydrogen-bond donors (Lipinski definition) is 0. The number of hydrogen-bond acceptors (Lipinski definition) is 2. The first-order valence-corrected chi connectivity index (χ1v) is 7.14. The number of carbonyl (C=O) groups is 1. The smallest absolute Gasteiger partial charge is 0.254 e. The van der Waals surface area contributed by atoms with Gasteiger partial charge in [-0.3, -0.25) is 4.79 Å². The van der Waals surface area contributed by atoms with Crippen LogP contribution in [0.5, 0.6) is 0 Å². The molecule has 1 heterocycles. The van der Waals surface area contributed by atoms with Gasteiger partial charge in [0.25, 0.3) is 5.91 Å². The molecular weight excluding hydrogens is 260 g/mol. The van der Waals surface area contributed by atoms with E-state index in [4.69, 9.17) is 5.26 Å². The van der Waals surface area contributed by atoms with Crippen molar-refractivity contribution in [3.8, 4) is 6.07 Å². The summed E-state index contributed by atoms with van der Waals surface area (Å²) >= 11 is 0. The molecule has 104 valence electrons. The van der Waals surface area contributed by atoms with Crippen molar-refractivity contribution in [2.24, 2.45) is 0 Å². The van der Waals surface area contributed by atoms with Crippen LogP contribution in [0.1, 0.15) is 33.5 Å². The minimum absolute atomic E-state index is 0.0381. The molecule has 0 N–H and O–H groups in total. The molecule has 0 saturated heterocycles. The molecule has 0 bridgehead atoms. The zero-order valence-electron chi connectivity index (χ0n) is 11.7. The van der Waals surface area contributed by atoms with Gasteiger partial charge in [-0.25, -0.2) is 0 Å². The molecule has 0 spiro atoms. The predicted molar refractivity (Wildman–Crippen MR) is 80.7 cm³/mol. The molecule has 0 fully saturated rings. The van der Waals surface area contributed by atoms with Crippen LogP contribution < -0.4 is 0 Å². The Hall–Kier alpha value is -2.60. The van der Waals surface area contributed by atoms with Crippen molar-refractivity contribution in [1.82, 2.24) is 4.90 Å². The van der Waals surface area contributed by atoms with Crippen molar-refractivity contribution in [1.29, 1.82) is 5.26 Å². The first kappa shape index (κ1) is 13.4. The summed E-state index contributed by atoms with van der Waals surface area (Å²) in [6.07, 6.45) is 2.01. The van der Waals surface area contributed by atoms with Gasteiger partial charge in [0.1, 0.15) is 0 Å².